The van der Waals surface area contributed by atoms with Crippen LogP contribution in [-0.4, -0.2) is 22.9 Å². The highest BCUT2D eigenvalue weighted by Gasteiger charge is 2.49. The zero-order chi connectivity index (χ0) is 10.3. The van der Waals surface area contributed by atoms with E-state index in [0.29, 0.717) is 0 Å². The van der Waals surface area contributed by atoms with Crippen molar-refractivity contribution in [2.75, 3.05) is 0 Å². The summed E-state index contributed by atoms with van der Waals surface area (Å²) in [5.41, 5.74) is -0.750. The first kappa shape index (κ1) is 11.0. The molecule has 0 aromatic rings. The molecule has 1 saturated heterocycles. The first-order chi connectivity index (χ1) is 5.81. The molecule has 0 spiro atoms. The summed E-state index contributed by atoms with van der Waals surface area (Å²) < 4.78 is 5.83. The molecule has 0 aliphatic carbocycles. The third kappa shape index (κ3) is 1.75. The van der Waals surface area contributed by atoms with Gasteiger partial charge < -0.3 is 9.84 Å². The third-order valence-corrected chi connectivity index (χ3v) is 3.65. The van der Waals surface area contributed by atoms with Gasteiger partial charge in [0.05, 0.1) is 17.8 Å². The van der Waals surface area contributed by atoms with Gasteiger partial charge in [0.1, 0.15) is 0 Å². The van der Waals surface area contributed by atoms with Gasteiger partial charge in [-0.1, -0.05) is 20.8 Å². The zero-order valence-electron chi connectivity index (χ0n) is 9.42. The molecule has 1 aliphatic rings. The molecule has 1 heterocycles. The van der Waals surface area contributed by atoms with E-state index in [1.807, 2.05) is 13.8 Å². The van der Waals surface area contributed by atoms with Crippen molar-refractivity contribution < 1.29 is 9.84 Å². The van der Waals surface area contributed by atoms with Gasteiger partial charge in [-0.3, -0.25) is 0 Å². The molecule has 0 aromatic carbocycles. The lowest BCUT2D eigenvalue weighted by Gasteiger charge is -2.51. The lowest BCUT2D eigenvalue weighted by atomic mass is 9.67. The summed E-state index contributed by atoms with van der Waals surface area (Å²) in [4.78, 5) is 0. The lowest BCUT2D eigenvalue weighted by Crippen LogP contribution is -2.56. The quantitative estimate of drug-likeness (QED) is 0.681. The molecule has 0 saturated carbocycles. The SMILES string of the molecule is CCC1OC(C)CC(C)(O)C1(C)C. The van der Waals surface area contributed by atoms with E-state index in [1.54, 1.807) is 0 Å². The van der Waals surface area contributed by atoms with Gasteiger partial charge in [-0.25, -0.2) is 0 Å². The van der Waals surface area contributed by atoms with Gasteiger partial charge in [0.25, 0.3) is 0 Å². The van der Waals surface area contributed by atoms with E-state index < -0.39 is 5.60 Å². The fourth-order valence-electron chi connectivity index (χ4n) is 2.27. The summed E-state index contributed by atoms with van der Waals surface area (Å²) in [6.07, 6.45) is 2.04. The molecule has 0 amide bonds. The van der Waals surface area contributed by atoms with Gasteiger partial charge in [-0.15, -0.1) is 0 Å². The summed E-state index contributed by atoms with van der Waals surface area (Å²) in [6, 6.07) is 0. The van der Waals surface area contributed by atoms with Gasteiger partial charge >= 0.3 is 0 Å². The molecule has 78 valence electrons. The van der Waals surface area contributed by atoms with Crippen molar-refractivity contribution in [2.45, 2.75) is 65.3 Å². The Labute approximate surface area is 81.3 Å². The molecule has 0 bridgehead atoms. The summed E-state index contributed by atoms with van der Waals surface area (Å²) in [5, 5.41) is 10.3. The van der Waals surface area contributed by atoms with Gasteiger partial charge in [0, 0.05) is 11.8 Å². The van der Waals surface area contributed by atoms with Crippen molar-refractivity contribution in [3.63, 3.8) is 0 Å². The fraction of sp³-hybridized carbons (Fsp3) is 1.00. The van der Waals surface area contributed by atoms with Crippen molar-refractivity contribution in [1.29, 1.82) is 0 Å². The van der Waals surface area contributed by atoms with Crippen LogP contribution in [0.3, 0.4) is 0 Å². The Morgan fingerprint density at radius 3 is 2.38 bits per heavy atom. The minimum Gasteiger partial charge on any atom is -0.389 e. The predicted octanol–water partition coefficient (Wildman–Crippen LogP) is 2.35. The summed E-state index contributed by atoms with van der Waals surface area (Å²) in [7, 11) is 0. The predicted molar refractivity (Wildman–Crippen MR) is 53.6 cm³/mol. The number of ether oxygens (including phenoxy) is 1. The molecule has 1 N–H and O–H groups in total. The maximum Gasteiger partial charge on any atom is 0.0719 e. The van der Waals surface area contributed by atoms with E-state index in [9.17, 15) is 5.11 Å². The smallest absolute Gasteiger partial charge is 0.0719 e. The normalized spacial score (nSPS) is 44.8. The van der Waals surface area contributed by atoms with E-state index >= 15 is 0 Å². The second-order valence-electron chi connectivity index (χ2n) is 5.04. The maximum absolute atomic E-state index is 10.3. The molecule has 3 atom stereocenters. The maximum atomic E-state index is 10.3. The van der Waals surface area contributed by atoms with Crippen LogP contribution in [0, 0.1) is 5.41 Å². The first-order valence-electron chi connectivity index (χ1n) is 5.19. The van der Waals surface area contributed by atoms with Crippen molar-refractivity contribution >= 4 is 0 Å². The van der Waals surface area contributed by atoms with Gasteiger partial charge in [0.15, 0.2) is 0 Å². The second-order valence-corrected chi connectivity index (χ2v) is 5.04. The number of hydrogen-bond acceptors (Lipinski definition) is 2. The minimum atomic E-state index is -0.606. The highest BCUT2D eigenvalue weighted by Crippen LogP contribution is 2.44. The Balaban J connectivity index is 2.88. The Kier molecular flexibility index (Phi) is 2.75. The molecule has 2 heteroatoms. The van der Waals surface area contributed by atoms with Crippen LogP contribution in [-0.2, 0) is 4.74 Å². The average Bonchev–Trinajstić information content (AvgIpc) is 1.96. The number of aliphatic hydroxyl groups is 1. The highest BCUT2D eigenvalue weighted by molar-refractivity contribution is 4.99. The van der Waals surface area contributed by atoms with E-state index in [4.69, 9.17) is 4.74 Å². The van der Waals surface area contributed by atoms with Crippen LogP contribution in [0.5, 0.6) is 0 Å². The van der Waals surface area contributed by atoms with Crippen LogP contribution < -0.4 is 0 Å². The molecule has 3 unspecified atom stereocenters. The van der Waals surface area contributed by atoms with Crippen molar-refractivity contribution in [3.05, 3.63) is 0 Å². The van der Waals surface area contributed by atoms with Crippen LogP contribution in [0.4, 0.5) is 0 Å². The van der Waals surface area contributed by atoms with Gasteiger partial charge in [-0.2, -0.15) is 0 Å². The van der Waals surface area contributed by atoms with Gasteiger partial charge in [-0.05, 0) is 20.3 Å². The summed E-state index contributed by atoms with van der Waals surface area (Å²) in [5.74, 6) is 0. The van der Waals surface area contributed by atoms with Crippen LogP contribution in [0.25, 0.3) is 0 Å². The summed E-state index contributed by atoms with van der Waals surface area (Å²) >= 11 is 0. The van der Waals surface area contributed by atoms with Crippen LogP contribution in [0.15, 0.2) is 0 Å². The van der Waals surface area contributed by atoms with E-state index in [1.165, 1.54) is 0 Å². The Morgan fingerprint density at radius 1 is 1.38 bits per heavy atom. The molecule has 1 fully saturated rings. The Hall–Kier alpha value is -0.0800. The Morgan fingerprint density at radius 2 is 1.92 bits per heavy atom. The van der Waals surface area contributed by atoms with Crippen molar-refractivity contribution in [2.24, 2.45) is 5.41 Å². The molecular formula is C11H22O2. The van der Waals surface area contributed by atoms with Crippen molar-refractivity contribution in [1.82, 2.24) is 0 Å². The summed E-state index contributed by atoms with van der Waals surface area (Å²) in [6.45, 7) is 10.3. The standard InChI is InChI=1S/C11H22O2/c1-6-9-10(3,4)11(5,12)7-8(2)13-9/h8-9,12H,6-7H2,1-5H3. The largest absolute Gasteiger partial charge is 0.389 e. The van der Waals surface area contributed by atoms with E-state index in [2.05, 4.69) is 20.8 Å². The topological polar surface area (TPSA) is 29.5 Å². The lowest BCUT2D eigenvalue weighted by molar-refractivity contribution is -0.214. The number of rotatable bonds is 1. The second kappa shape index (κ2) is 3.25. The molecule has 2 nitrogen and oxygen atoms in total. The Bertz CT molecular complexity index is 185. The van der Waals surface area contributed by atoms with E-state index in [-0.39, 0.29) is 17.6 Å². The number of hydrogen-bond donors (Lipinski definition) is 1. The van der Waals surface area contributed by atoms with Crippen LogP contribution >= 0.6 is 0 Å². The highest BCUT2D eigenvalue weighted by atomic mass is 16.5. The van der Waals surface area contributed by atoms with Gasteiger partial charge in [0.2, 0.25) is 0 Å². The molecule has 13 heavy (non-hydrogen) atoms. The molecule has 1 aliphatic heterocycles. The van der Waals surface area contributed by atoms with Crippen molar-refractivity contribution in [3.8, 4) is 0 Å². The first-order valence-corrected chi connectivity index (χ1v) is 5.19. The third-order valence-electron chi connectivity index (χ3n) is 3.65. The minimum absolute atomic E-state index is 0.145. The van der Waals surface area contributed by atoms with Crippen LogP contribution in [0.2, 0.25) is 0 Å². The molecule has 1 rings (SSSR count). The van der Waals surface area contributed by atoms with Crippen LogP contribution in [0.1, 0.15) is 47.5 Å². The molecule has 0 aromatic heterocycles. The molecule has 0 radical (unpaired) electrons. The monoisotopic (exact) mass is 186 g/mol. The molecular weight excluding hydrogens is 164 g/mol. The fourth-order valence-corrected chi connectivity index (χ4v) is 2.27. The zero-order valence-corrected chi connectivity index (χ0v) is 9.42. The average molecular weight is 186 g/mol. The van der Waals surface area contributed by atoms with E-state index in [0.717, 1.165) is 12.8 Å².